The van der Waals surface area contributed by atoms with Gasteiger partial charge in [0.25, 0.3) is 0 Å². The first-order valence-electron chi connectivity index (χ1n) is 9.95. The highest BCUT2D eigenvalue weighted by Crippen LogP contribution is 2.40. The van der Waals surface area contributed by atoms with Gasteiger partial charge in [-0.3, -0.25) is 4.79 Å². The minimum Gasteiger partial charge on any atom is -0.373 e. The summed E-state index contributed by atoms with van der Waals surface area (Å²) in [5, 5.41) is 3.44. The molecule has 1 saturated heterocycles. The number of carbonyl (C=O) groups is 1. The molecule has 1 heterocycles. The zero-order valence-corrected chi connectivity index (χ0v) is 14.9. The summed E-state index contributed by atoms with van der Waals surface area (Å²) in [4.78, 5) is 13.1. The van der Waals surface area contributed by atoms with Crippen molar-refractivity contribution in [1.29, 1.82) is 0 Å². The molecule has 4 unspecified atom stereocenters. The minimum atomic E-state index is -0.111. The molecule has 25 heavy (non-hydrogen) atoms. The third kappa shape index (κ3) is 3.61. The van der Waals surface area contributed by atoms with Crippen LogP contribution in [0.4, 0.5) is 0 Å². The lowest BCUT2D eigenvalue weighted by Gasteiger charge is -2.46. The summed E-state index contributed by atoms with van der Waals surface area (Å²) in [6.07, 6.45) is 7.58. The van der Waals surface area contributed by atoms with Crippen LogP contribution in [-0.4, -0.2) is 24.6 Å². The van der Waals surface area contributed by atoms with E-state index < -0.39 is 0 Å². The number of nitrogens with two attached hydrogens (primary N) is 1. The predicted molar refractivity (Wildman–Crippen MR) is 97.8 cm³/mol. The molecular formula is C21H30N2O2. The summed E-state index contributed by atoms with van der Waals surface area (Å²) in [6.45, 7) is 0.743. The molecule has 0 radical (unpaired) electrons. The fraction of sp³-hybridized carbons (Fsp3) is 0.667. The molecule has 2 saturated carbocycles. The highest BCUT2D eigenvalue weighted by molar-refractivity contribution is 5.80. The maximum absolute atomic E-state index is 13.1. The standard InChI is InChI=1S/C21H30N2O2/c22-17-12-15-8-4-9-16(13-17)19(15)23-21(24)18-10-5-11-25-20(18)14-6-2-1-3-7-14/h1-3,6-7,15-20H,4-5,8-13,22H2,(H,23,24). The largest absolute Gasteiger partial charge is 0.373 e. The molecular weight excluding hydrogens is 312 g/mol. The summed E-state index contributed by atoms with van der Waals surface area (Å²) >= 11 is 0. The second-order valence-corrected chi connectivity index (χ2v) is 8.17. The fourth-order valence-corrected chi connectivity index (χ4v) is 5.32. The van der Waals surface area contributed by atoms with Gasteiger partial charge < -0.3 is 15.8 Å². The molecule has 3 N–H and O–H groups in total. The Morgan fingerprint density at radius 3 is 2.48 bits per heavy atom. The van der Waals surface area contributed by atoms with Crippen LogP contribution in [0.15, 0.2) is 30.3 Å². The molecule has 2 bridgehead atoms. The maximum atomic E-state index is 13.1. The van der Waals surface area contributed by atoms with E-state index in [1.807, 2.05) is 18.2 Å². The van der Waals surface area contributed by atoms with Gasteiger partial charge in [0.2, 0.25) is 5.91 Å². The van der Waals surface area contributed by atoms with Crippen LogP contribution in [0.1, 0.15) is 56.6 Å². The van der Waals surface area contributed by atoms with Crippen LogP contribution in [0.25, 0.3) is 0 Å². The highest BCUT2D eigenvalue weighted by atomic mass is 16.5. The number of amides is 1. The molecule has 3 fully saturated rings. The van der Waals surface area contributed by atoms with E-state index in [4.69, 9.17) is 10.5 Å². The normalized spacial score (nSPS) is 38.1. The van der Waals surface area contributed by atoms with E-state index in [9.17, 15) is 4.79 Å². The van der Waals surface area contributed by atoms with Gasteiger partial charge in [0.15, 0.2) is 0 Å². The summed E-state index contributed by atoms with van der Waals surface area (Å²) < 4.78 is 6.02. The van der Waals surface area contributed by atoms with Gasteiger partial charge in [0.05, 0.1) is 12.0 Å². The van der Waals surface area contributed by atoms with Crippen LogP contribution in [-0.2, 0) is 9.53 Å². The number of hydrogen-bond donors (Lipinski definition) is 2. The van der Waals surface area contributed by atoms with Crippen LogP contribution in [0.5, 0.6) is 0 Å². The van der Waals surface area contributed by atoms with Crippen molar-refractivity contribution in [1.82, 2.24) is 5.32 Å². The van der Waals surface area contributed by atoms with Crippen molar-refractivity contribution in [3.05, 3.63) is 35.9 Å². The van der Waals surface area contributed by atoms with Crippen LogP contribution in [0, 0.1) is 17.8 Å². The molecule has 1 aliphatic heterocycles. The van der Waals surface area contributed by atoms with Gasteiger partial charge in [0, 0.05) is 18.7 Å². The van der Waals surface area contributed by atoms with Crippen molar-refractivity contribution in [2.45, 2.75) is 63.1 Å². The van der Waals surface area contributed by atoms with Gasteiger partial charge in [0.1, 0.15) is 0 Å². The van der Waals surface area contributed by atoms with E-state index in [0.29, 0.717) is 23.9 Å². The van der Waals surface area contributed by atoms with Crippen molar-refractivity contribution >= 4 is 5.91 Å². The van der Waals surface area contributed by atoms with Crippen molar-refractivity contribution < 1.29 is 9.53 Å². The summed E-state index contributed by atoms with van der Waals surface area (Å²) in [7, 11) is 0. The highest BCUT2D eigenvalue weighted by Gasteiger charge is 2.42. The van der Waals surface area contributed by atoms with Gasteiger partial charge in [-0.25, -0.2) is 0 Å². The van der Waals surface area contributed by atoms with E-state index in [-0.39, 0.29) is 17.9 Å². The first-order chi connectivity index (χ1) is 12.2. The molecule has 4 heteroatoms. The summed E-state index contributed by atoms with van der Waals surface area (Å²) in [6, 6.07) is 10.8. The number of fused-ring (bicyclic) bond motifs is 2. The quantitative estimate of drug-likeness (QED) is 0.887. The minimum absolute atomic E-state index is 0.0764. The Bertz CT molecular complexity index is 577. The number of rotatable bonds is 3. The van der Waals surface area contributed by atoms with Gasteiger partial charge in [-0.1, -0.05) is 36.8 Å². The average molecular weight is 342 g/mol. The second-order valence-electron chi connectivity index (χ2n) is 8.17. The van der Waals surface area contributed by atoms with Crippen molar-refractivity contribution in [2.24, 2.45) is 23.5 Å². The van der Waals surface area contributed by atoms with E-state index >= 15 is 0 Å². The number of hydrogen-bond acceptors (Lipinski definition) is 3. The first-order valence-corrected chi connectivity index (χ1v) is 9.95. The van der Waals surface area contributed by atoms with Gasteiger partial charge in [-0.2, -0.15) is 0 Å². The maximum Gasteiger partial charge on any atom is 0.226 e. The smallest absolute Gasteiger partial charge is 0.226 e. The Morgan fingerprint density at radius 1 is 1.04 bits per heavy atom. The Labute approximate surface area is 150 Å². The van der Waals surface area contributed by atoms with Crippen LogP contribution < -0.4 is 11.1 Å². The summed E-state index contributed by atoms with van der Waals surface area (Å²) in [5.41, 5.74) is 7.34. The molecule has 2 aliphatic carbocycles. The van der Waals surface area contributed by atoms with E-state index in [1.165, 1.54) is 19.3 Å². The number of carbonyl (C=O) groups excluding carboxylic acids is 1. The Hall–Kier alpha value is -1.39. The van der Waals surface area contributed by atoms with Crippen LogP contribution >= 0.6 is 0 Å². The SMILES string of the molecule is NC1CC2CCCC(C1)C2NC(=O)C1CCCOC1c1ccccc1. The third-order valence-electron chi connectivity index (χ3n) is 6.47. The van der Waals surface area contributed by atoms with Crippen LogP contribution in [0.2, 0.25) is 0 Å². The van der Waals surface area contributed by atoms with Crippen LogP contribution in [0.3, 0.4) is 0 Å². The molecule has 0 aromatic heterocycles. The lowest BCUT2D eigenvalue weighted by molar-refractivity contribution is -0.137. The van der Waals surface area contributed by atoms with Gasteiger partial charge in [-0.05, 0) is 55.9 Å². The first kappa shape index (κ1) is 17.0. The second kappa shape index (κ2) is 7.46. The third-order valence-corrected chi connectivity index (χ3v) is 6.47. The molecule has 136 valence electrons. The van der Waals surface area contributed by atoms with E-state index in [1.54, 1.807) is 0 Å². The molecule has 1 aromatic carbocycles. The molecule has 4 rings (SSSR count). The molecule has 0 spiro atoms. The molecule has 3 aliphatic rings. The molecule has 4 atom stereocenters. The monoisotopic (exact) mass is 342 g/mol. The van der Waals surface area contributed by atoms with Crippen molar-refractivity contribution in [2.75, 3.05) is 6.61 Å². The van der Waals surface area contributed by atoms with Crippen molar-refractivity contribution in [3.8, 4) is 0 Å². The van der Waals surface area contributed by atoms with E-state index in [2.05, 4.69) is 17.4 Å². The lowest BCUT2D eigenvalue weighted by Crippen LogP contribution is -2.55. The predicted octanol–water partition coefficient (Wildman–Crippen LogP) is 3.18. The topological polar surface area (TPSA) is 64.3 Å². The average Bonchev–Trinajstić information content (AvgIpc) is 2.63. The zero-order chi connectivity index (χ0) is 17.2. The molecule has 1 amide bonds. The van der Waals surface area contributed by atoms with Gasteiger partial charge in [-0.15, -0.1) is 0 Å². The number of nitrogens with one attached hydrogen (secondary N) is 1. The van der Waals surface area contributed by atoms with Gasteiger partial charge >= 0.3 is 0 Å². The summed E-state index contributed by atoms with van der Waals surface area (Å²) in [5.74, 6) is 1.23. The Kier molecular flexibility index (Phi) is 5.09. The Morgan fingerprint density at radius 2 is 1.76 bits per heavy atom. The Balaban J connectivity index is 1.47. The number of ether oxygens (including phenoxy) is 1. The fourth-order valence-electron chi connectivity index (χ4n) is 5.32. The number of benzene rings is 1. The van der Waals surface area contributed by atoms with E-state index in [0.717, 1.165) is 37.9 Å². The zero-order valence-electron chi connectivity index (χ0n) is 14.9. The van der Waals surface area contributed by atoms with Crippen molar-refractivity contribution in [3.63, 3.8) is 0 Å². The molecule has 4 nitrogen and oxygen atoms in total. The molecule has 1 aromatic rings. The lowest BCUT2D eigenvalue weighted by atomic mass is 9.67.